The Morgan fingerprint density at radius 2 is 1.53 bits per heavy atom. The van der Waals surface area contributed by atoms with Gasteiger partial charge in [-0.05, 0) is 18.2 Å². The summed E-state index contributed by atoms with van der Waals surface area (Å²) in [6.07, 6.45) is 0. The van der Waals surface area contributed by atoms with Crippen molar-refractivity contribution in [3.63, 3.8) is 0 Å². The maximum absolute atomic E-state index is 13.8. The Balaban J connectivity index is 2.55. The maximum atomic E-state index is 13.8. The van der Waals surface area contributed by atoms with Crippen LogP contribution in [-0.2, 0) is 0 Å². The highest BCUT2D eigenvalue weighted by Crippen LogP contribution is 2.36. The summed E-state index contributed by atoms with van der Waals surface area (Å²) in [4.78, 5) is 0. The molecule has 0 amide bonds. The zero-order chi connectivity index (χ0) is 13.8. The minimum Gasteiger partial charge on any atom is -0.496 e. The lowest BCUT2D eigenvalue weighted by Gasteiger charge is -2.19. The molecule has 0 saturated heterocycles. The first kappa shape index (κ1) is 13.4. The van der Waals surface area contributed by atoms with Crippen LogP contribution >= 0.6 is 0 Å². The van der Waals surface area contributed by atoms with E-state index in [1.807, 2.05) is 0 Å². The molecule has 19 heavy (non-hydrogen) atoms. The summed E-state index contributed by atoms with van der Waals surface area (Å²) in [5.41, 5.74) is 7.21. The quantitative estimate of drug-likeness (QED) is 0.920. The van der Waals surface area contributed by atoms with Gasteiger partial charge in [0, 0.05) is 5.56 Å². The second-order valence-corrected chi connectivity index (χ2v) is 4.08. The van der Waals surface area contributed by atoms with Gasteiger partial charge in [0.2, 0.25) is 0 Å². The fraction of sp³-hybridized carbons (Fsp3) is 0.200. The van der Waals surface area contributed by atoms with Gasteiger partial charge >= 0.3 is 0 Å². The summed E-state index contributed by atoms with van der Waals surface area (Å²) in [5, 5.41) is 0. The SMILES string of the molecule is COc1cccc(OC)c1C(N)c1ccccc1F. The highest BCUT2D eigenvalue weighted by atomic mass is 19.1. The molecule has 1 unspecified atom stereocenters. The molecule has 1 atom stereocenters. The second kappa shape index (κ2) is 5.71. The largest absolute Gasteiger partial charge is 0.496 e. The number of hydrogen-bond donors (Lipinski definition) is 1. The van der Waals surface area contributed by atoms with Crippen LogP contribution in [0.15, 0.2) is 42.5 Å². The number of ether oxygens (including phenoxy) is 2. The lowest BCUT2D eigenvalue weighted by molar-refractivity contribution is 0.381. The highest BCUT2D eigenvalue weighted by molar-refractivity contribution is 5.50. The summed E-state index contributed by atoms with van der Waals surface area (Å²) in [7, 11) is 3.10. The van der Waals surface area contributed by atoms with E-state index in [0.29, 0.717) is 22.6 Å². The zero-order valence-corrected chi connectivity index (χ0v) is 10.9. The zero-order valence-electron chi connectivity index (χ0n) is 10.9. The van der Waals surface area contributed by atoms with E-state index in [4.69, 9.17) is 15.2 Å². The van der Waals surface area contributed by atoms with Crippen LogP contribution in [0.2, 0.25) is 0 Å². The van der Waals surface area contributed by atoms with Gasteiger partial charge in [0.15, 0.2) is 0 Å². The molecular formula is C15H16FNO2. The van der Waals surface area contributed by atoms with Gasteiger partial charge < -0.3 is 15.2 Å². The van der Waals surface area contributed by atoms with Crippen LogP contribution in [0.25, 0.3) is 0 Å². The minimum absolute atomic E-state index is 0.344. The molecule has 0 radical (unpaired) electrons. The molecule has 0 saturated carbocycles. The average Bonchev–Trinajstić information content (AvgIpc) is 2.46. The van der Waals surface area contributed by atoms with Crippen molar-refractivity contribution in [2.24, 2.45) is 5.73 Å². The van der Waals surface area contributed by atoms with E-state index >= 15 is 0 Å². The number of halogens is 1. The molecule has 0 aromatic heterocycles. The van der Waals surface area contributed by atoms with E-state index in [-0.39, 0.29) is 5.82 Å². The Morgan fingerprint density at radius 3 is 2.05 bits per heavy atom. The molecule has 0 aliphatic heterocycles. The molecule has 4 heteroatoms. The summed E-state index contributed by atoms with van der Waals surface area (Å²) >= 11 is 0. The fourth-order valence-electron chi connectivity index (χ4n) is 2.07. The molecule has 0 aliphatic rings. The Hall–Kier alpha value is -2.07. The molecule has 2 N–H and O–H groups in total. The fourth-order valence-corrected chi connectivity index (χ4v) is 2.07. The molecule has 3 nitrogen and oxygen atoms in total. The predicted octanol–water partition coefficient (Wildman–Crippen LogP) is 2.89. The van der Waals surface area contributed by atoms with Gasteiger partial charge in [-0.1, -0.05) is 24.3 Å². The van der Waals surface area contributed by atoms with E-state index in [0.717, 1.165) is 0 Å². The van der Waals surface area contributed by atoms with Crippen LogP contribution < -0.4 is 15.2 Å². The van der Waals surface area contributed by atoms with E-state index in [9.17, 15) is 4.39 Å². The molecule has 0 spiro atoms. The number of hydrogen-bond acceptors (Lipinski definition) is 3. The molecule has 0 bridgehead atoms. The van der Waals surface area contributed by atoms with Gasteiger partial charge in [-0.3, -0.25) is 0 Å². The first-order chi connectivity index (χ1) is 9.19. The summed E-state index contributed by atoms with van der Waals surface area (Å²) in [6.45, 7) is 0. The molecule has 0 heterocycles. The van der Waals surface area contributed by atoms with Crippen LogP contribution in [0, 0.1) is 5.82 Å². The van der Waals surface area contributed by atoms with Gasteiger partial charge in [0.1, 0.15) is 17.3 Å². The van der Waals surface area contributed by atoms with Crippen molar-refractivity contribution in [1.82, 2.24) is 0 Å². The Bertz CT molecular complexity index is 550. The molecule has 2 aromatic carbocycles. The van der Waals surface area contributed by atoms with Gasteiger partial charge in [-0.25, -0.2) is 4.39 Å². The van der Waals surface area contributed by atoms with E-state index in [1.165, 1.54) is 6.07 Å². The Kier molecular flexibility index (Phi) is 4.02. The lowest BCUT2D eigenvalue weighted by Crippen LogP contribution is -2.15. The van der Waals surface area contributed by atoms with Crippen molar-refractivity contribution >= 4 is 0 Å². The average molecular weight is 261 g/mol. The molecule has 2 aromatic rings. The van der Waals surface area contributed by atoms with Gasteiger partial charge in [-0.15, -0.1) is 0 Å². The topological polar surface area (TPSA) is 44.5 Å². The van der Waals surface area contributed by atoms with Crippen LogP contribution in [0.3, 0.4) is 0 Å². The normalized spacial score (nSPS) is 12.0. The summed E-state index contributed by atoms with van der Waals surface area (Å²) < 4.78 is 24.4. The monoisotopic (exact) mass is 261 g/mol. The van der Waals surface area contributed by atoms with E-state index in [2.05, 4.69) is 0 Å². The number of rotatable bonds is 4. The second-order valence-electron chi connectivity index (χ2n) is 4.08. The van der Waals surface area contributed by atoms with Gasteiger partial charge in [0.05, 0.1) is 25.8 Å². The molecule has 0 aliphatic carbocycles. The molecular weight excluding hydrogens is 245 g/mol. The number of benzene rings is 2. The van der Waals surface area contributed by atoms with Crippen molar-refractivity contribution in [2.75, 3.05) is 14.2 Å². The third-order valence-corrected chi connectivity index (χ3v) is 3.02. The van der Waals surface area contributed by atoms with Gasteiger partial charge in [-0.2, -0.15) is 0 Å². The third kappa shape index (κ3) is 2.53. The van der Waals surface area contributed by atoms with Crippen LogP contribution in [0.5, 0.6) is 11.5 Å². The smallest absolute Gasteiger partial charge is 0.128 e. The Morgan fingerprint density at radius 1 is 0.947 bits per heavy atom. The number of nitrogens with two attached hydrogens (primary N) is 1. The standard InChI is InChI=1S/C15H16FNO2/c1-18-12-8-5-9-13(19-2)14(12)15(17)10-6-3-4-7-11(10)16/h3-9,15H,17H2,1-2H3. The molecule has 0 fully saturated rings. The highest BCUT2D eigenvalue weighted by Gasteiger charge is 2.21. The van der Waals surface area contributed by atoms with Crippen molar-refractivity contribution in [1.29, 1.82) is 0 Å². The van der Waals surface area contributed by atoms with E-state index < -0.39 is 6.04 Å². The van der Waals surface area contributed by atoms with Crippen LogP contribution in [0.1, 0.15) is 17.2 Å². The first-order valence-electron chi connectivity index (χ1n) is 5.90. The third-order valence-electron chi connectivity index (χ3n) is 3.02. The predicted molar refractivity (Wildman–Crippen MR) is 72.0 cm³/mol. The van der Waals surface area contributed by atoms with Crippen LogP contribution in [-0.4, -0.2) is 14.2 Å². The Labute approximate surface area is 111 Å². The van der Waals surface area contributed by atoms with Crippen LogP contribution in [0.4, 0.5) is 4.39 Å². The first-order valence-corrected chi connectivity index (χ1v) is 5.90. The summed E-state index contributed by atoms with van der Waals surface area (Å²) in [5.74, 6) is 0.813. The maximum Gasteiger partial charge on any atom is 0.128 e. The summed E-state index contributed by atoms with van der Waals surface area (Å²) in [6, 6.07) is 11.1. The lowest BCUT2D eigenvalue weighted by atomic mass is 9.97. The van der Waals surface area contributed by atoms with Gasteiger partial charge in [0.25, 0.3) is 0 Å². The van der Waals surface area contributed by atoms with Crippen molar-refractivity contribution in [3.05, 3.63) is 59.4 Å². The van der Waals surface area contributed by atoms with Crippen molar-refractivity contribution < 1.29 is 13.9 Å². The van der Waals surface area contributed by atoms with E-state index in [1.54, 1.807) is 50.6 Å². The minimum atomic E-state index is -0.646. The molecule has 100 valence electrons. The van der Waals surface area contributed by atoms with Crippen molar-refractivity contribution in [2.45, 2.75) is 6.04 Å². The number of methoxy groups -OCH3 is 2. The van der Waals surface area contributed by atoms with Crippen molar-refractivity contribution in [3.8, 4) is 11.5 Å². The molecule has 2 rings (SSSR count).